The Balaban J connectivity index is 1.99. The van der Waals surface area contributed by atoms with Gasteiger partial charge in [-0.1, -0.05) is 23.7 Å². The first-order valence-electron chi connectivity index (χ1n) is 7.71. The third kappa shape index (κ3) is 5.23. The normalized spacial score (nSPS) is 10.5. The van der Waals surface area contributed by atoms with E-state index in [1.807, 2.05) is 6.07 Å². The molecular formula is C18H16ClF3N2O2. The van der Waals surface area contributed by atoms with Gasteiger partial charge in [0.05, 0.1) is 12.2 Å². The molecule has 4 nitrogen and oxygen atoms in total. The lowest BCUT2D eigenvalue weighted by molar-refractivity contribution is -0.132. The van der Waals surface area contributed by atoms with E-state index in [-0.39, 0.29) is 19.0 Å². The van der Waals surface area contributed by atoms with Crippen molar-refractivity contribution in [1.29, 1.82) is 0 Å². The molecule has 26 heavy (non-hydrogen) atoms. The van der Waals surface area contributed by atoms with Crippen LogP contribution >= 0.6 is 11.6 Å². The first kappa shape index (κ1) is 19.8. The van der Waals surface area contributed by atoms with Gasteiger partial charge in [0.1, 0.15) is 0 Å². The van der Waals surface area contributed by atoms with Crippen molar-refractivity contribution in [2.45, 2.75) is 13.3 Å². The van der Waals surface area contributed by atoms with Crippen LogP contribution in [0, 0.1) is 17.5 Å². The molecule has 2 aromatic carbocycles. The van der Waals surface area contributed by atoms with Gasteiger partial charge in [0.25, 0.3) is 0 Å². The lowest BCUT2D eigenvalue weighted by Gasteiger charge is -2.20. The van der Waals surface area contributed by atoms with Gasteiger partial charge in [-0.25, -0.2) is 13.2 Å². The maximum atomic E-state index is 13.6. The summed E-state index contributed by atoms with van der Waals surface area (Å²) >= 11 is 5.90. The van der Waals surface area contributed by atoms with Crippen LogP contribution in [-0.4, -0.2) is 29.8 Å². The largest absolute Gasteiger partial charge is 0.333 e. The quantitative estimate of drug-likeness (QED) is 0.770. The average Bonchev–Trinajstić information content (AvgIpc) is 2.59. The summed E-state index contributed by atoms with van der Waals surface area (Å²) in [6.45, 7) is 1.18. The predicted molar refractivity (Wildman–Crippen MR) is 92.4 cm³/mol. The van der Waals surface area contributed by atoms with Crippen LogP contribution in [0.1, 0.15) is 12.5 Å². The topological polar surface area (TPSA) is 49.4 Å². The molecule has 0 fully saturated rings. The van der Waals surface area contributed by atoms with E-state index in [0.29, 0.717) is 17.5 Å². The molecule has 0 spiro atoms. The number of amides is 2. The van der Waals surface area contributed by atoms with Crippen LogP contribution in [0.15, 0.2) is 36.4 Å². The number of carbonyl (C=O) groups excluding carboxylic acids is 2. The summed E-state index contributed by atoms with van der Waals surface area (Å²) in [5.41, 5.74) is 0.392. The number of nitrogens with one attached hydrogen (secondary N) is 1. The second-order valence-electron chi connectivity index (χ2n) is 5.59. The number of halogens is 4. The van der Waals surface area contributed by atoms with Crippen LogP contribution in [0.3, 0.4) is 0 Å². The molecule has 2 amide bonds. The van der Waals surface area contributed by atoms with Crippen molar-refractivity contribution in [2.75, 3.05) is 18.4 Å². The molecule has 0 aliphatic rings. The van der Waals surface area contributed by atoms with E-state index < -0.39 is 29.0 Å². The molecule has 0 unspecified atom stereocenters. The molecule has 0 bridgehead atoms. The smallest absolute Gasteiger partial charge is 0.244 e. The molecule has 0 saturated carbocycles. The highest BCUT2D eigenvalue weighted by Gasteiger charge is 2.18. The molecule has 0 saturated heterocycles. The van der Waals surface area contributed by atoms with Gasteiger partial charge in [-0.05, 0) is 36.2 Å². The number of hydrogen-bond acceptors (Lipinski definition) is 2. The van der Waals surface area contributed by atoms with Crippen LogP contribution < -0.4 is 5.32 Å². The molecule has 0 radical (unpaired) electrons. The highest BCUT2D eigenvalue weighted by molar-refractivity contribution is 6.30. The van der Waals surface area contributed by atoms with E-state index in [0.717, 1.165) is 11.6 Å². The Bertz CT molecular complexity index is 830. The van der Waals surface area contributed by atoms with E-state index in [9.17, 15) is 22.8 Å². The van der Waals surface area contributed by atoms with E-state index in [4.69, 9.17) is 11.6 Å². The van der Waals surface area contributed by atoms with Crippen molar-refractivity contribution in [3.63, 3.8) is 0 Å². The van der Waals surface area contributed by atoms with Crippen molar-refractivity contribution in [3.05, 3.63) is 64.4 Å². The number of anilines is 1. The fourth-order valence-electron chi connectivity index (χ4n) is 2.29. The van der Waals surface area contributed by atoms with Gasteiger partial charge in [0.2, 0.25) is 11.8 Å². The second-order valence-corrected chi connectivity index (χ2v) is 6.03. The lowest BCUT2D eigenvalue weighted by atomic mass is 10.1. The van der Waals surface area contributed by atoms with Crippen molar-refractivity contribution < 1.29 is 22.8 Å². The summed E-state index contributed by atoms with van der Waals surface area (Å²) in [6, 6.07) is 8.69. The molecule has 0 heterocycles. The van der Waals surface area contributed by atoms with E-state index in [1.165, 1.54) is 11.8 Å². The summed E-state index contributed by atoms with van der Waals surface area (Å²) in [7, 11) is 0. The Morgan fingerprint density at radius 1 is 1.12 bits per heavy atom. The Morgan fingerprint density at radius 3 is 2.50 bits per heavy atom. The molecule has 2 aromatic rings. The summed E-state index contributed by atoms with van der Waals surface area (Å²) in [5.74, 6) is -5.60. The number of hydrogen-bond donors (Lipinski definition) is 1. The molecule has 0 atom stereocenters. The summed E-state index contributed by atoms with van der Waals surface area (Å²) in [6.07, 6.45) is 0.465. The molecule has 0 aliphatic carbocycles. The minimum absolute atomic E-state index is 0.239. The minimum Gasteiger partial charge on any atom is -0.333 e. The Hall–Kier alpha value is -2.54. The van der Waals surface area contributed by atoms with E-state index in [1.54, 1.807) is 18.2 Å². The Labute approximate surface area is 153 Å². The van der Waals surface area contributed by atoms with Crippen LogP contribution in [0.25, 0.3) is 0 Å². The van der Waals surface area contributed by atoms with Gasteiger partial charge >= 0.3 is 0 Å². The van der Waals surface area contributed by atoms with Gasteiger partial charge in [0, 0.05) is 18.5 Å². The summed E-state index contributed by atoms with van der Waals surface area (Å²) in [5, 5.41) is 2.69. The summed E-state index contributed by atoms with van der Waals surface area (Å²) < 4.78 is 39.7. The van der Waals surface area contributed by atoms with Crippen LogP contribution in [-0.2, 0) is 16.0 Å². The maximum absolute atomic E-state index is 13.6. The number of carbonyl (C=O) groups is 2. The van der Waals surface area contributed by atoms with Crippen LogP contribution in [0.2, 0.25) is 5.02 Å². The Kier molecular flexibility index (Phi) is 6.63. The Morgan fingerprint density at radius 2 is 1.85 bits per heavy atom. The standard InChI is InChI=1S/C18H16ClF3N2O2/c1-11(25)24(8-7-12-3-2-4-13(19)9-12)10-16(26)23-15-6-5-14(20)17(21)18(15)22/h2-6,9H,7-8,10H2,1H3,(H,23,26). The highest BCUT2D eigenvalue weighted by Crippen LogP contribution is 2.19. The zero-order valence-corrected chi connectivity index (χ0v) is 14.6. The monoisotopic (exact) mass is 384 g/mol. The zero-order chi connectivity index (χ0) is 19.3. The molecule has 0 aromatic heterocycles. The molecule has 1 N–H and O–H groups in total. The molecule has 0 aliphatic heterocycles. The minimum atomic E-state index is -1.67. The molecule has 2 rings (SSSR count). The van der Waals surface area contributed by atoms with Gasteiger partial charge in [-0.3, -0.25) is 9.59 Å². The van der Waals surface area contributed by atoms with E-state index >= 15 is 0 Å². The number of nitrogens with zero attached hydrogens (tertiary/aromatic N) is 1. The van der Waals surface area contributed by atoms with Crippen molar-refractivity contribution in [1.82, 2.24) is 4.90 Å². The third-order valence-electron chi connectivity index (χ3n) is 3.65. The molecule has 8 heteroatoms. The third-order valence-corrected chi connectivity index (χ3v) is 3.88. The zero-order valence-electron chi connectivity index (χ0n) is 13.9. The van der Waals surface area contributed by atoms with Gasteiger partial charge < -0.3 is 10.2 Å². The predicted octanol–water partition coefficient (Wildman–Crippen LogP) is 3.79. The fourth-order valence-corrected chi connectivity index (χ4v) is 2.50. The van der Waals surface area contributed by atoms with Crippen molar-refractivity contribution in [2.24, 2.45) is 0 Å². The first-order valence-corrected chi connectivity index (χ1v) is 8.09. The lowest BCUT2D eigenvalue weighted by Crippen LogP contribution is -2.38. The van der Waals surface area contributed by atoms with Crippen LogP contribution in [0.5, 0.6) is 0 Å². The van der Waals surface area contributed by atoms with Gasteiger partial charge in [-0.2, -0.15) is 0 Å². The number of benzene rings is 2. The number of rotatable bonds is 6. The maximum Gasteiger partial charge on any atom is 0.244 e. The average molecular weight is 385 g/mol. The highest BCUT2D eigenvalue weighted by atomic mass is 35.5. The van der Waals surface area contributed by atoms with Gasteiger partial charge in [-0.15, -0.1) is 0 Å². The second kappa shape index (κ2) is 8.71. The van der Waals surface area contributed by atoms with Gasteiger partial charge in [0.15, 0.2) is 17.5 Å². The SMILES string of the molecule is CC(=O)N(CCc1cccc(Cl)c1)CC(=O)Nc1ccc(F)c(F)c1F. The fraction of sp³-hybridized carbons (Fsp3) is 0.222. The van der Waals surface area contributed by atoms with Crippen molar-refractivity contribution >= 4 is 29.1 Å². The molecule has 138 valence electrons. The van der Waals surface area contributed by atoms with E-state index in [2.05, 4.69) is 5.32 Å². The summed E-state index contributed by atoms with van der Waals surface area (Å²) in [4.78, 5) is 25.0. The van der Waals surface area contributed by atoms with Crippen LogP contribution in [0.4, 0.5) is 18.9 Å². The van der Waals surface area contributed by atoms with Crippen molar-refractivity contribution in [3.8, 4) is 0 Å². The molecular weight excluding hydrogens is 369 g/mol. The first-order chi connectivity index (χ1) is 12.3.